The van der Waals surface area contributed by atoms with E-state index in [1.807, 2.05) is 17.7 Å². The molecule has 3 nitrogen and oxygen atoms in total. The van der Waals surface area contributed by atoms with Gasteiger partial charge in [0.25, 0.3) is 0 Å². The highest BCUT2D eigenvalue weighted by Gasteiger charge is 1.94. The van der Waals surface area contributed by atoms with Crippen LogP contribution < -0.4 is 5.73 Å². The topological polar surface area (TPSA) is 40.2 Å². The highest BCUT2D eigenvalue weighted by atomic mass is 16.5. The predicted octanol–water partition coefficient (Wildman–Crippen LogP) is 0.983. The Balaban J connectivity index is 2.41. The molecule has 0 aliphatic carbocycles. The van der Waals surface area contributed by atoms with Gasteiger partial charge in [0, 0.05) is 19.0 Å². The second-order valence-electron chi connectivity index (χ2n) is 2.69. The van der Waals surface area contributed by atoms with Gasteiger partial charge in [-0.1, -0.05) is 0 Å². The fourth-order valence-corrected chi connectivity index (χ4v) is 1.08. The molecule has 0 bridgehead atoms. The van der Waals surface area contributed by atoms with Crippen LogP contribution in [0.15, 0.2) is 18.5 Å². The minimum atomic E-state index is 0.640. The minimum absolute atomic E-state index is 0.640. The Hall–Kier alpha value is -0.800. The van der Waals surface area contributed by atoms with Crippen molar-refractivity contribution in [2.75, 3.05) is 13.2 Å². The molecular formula is C9H16N2O. The molecule has 1 heterocycles. The van der Waals surface area contributed by atoms with Gasteiger partial charge in [-0.2, -0.15) is 0 Å². The number of aromatic nitrogens is 1. The monoisotopic (exact) mass is 168 g/mol. The first-order chi connectivity index (χ1) is 5.86. The summed E-state index contributed by atoms with van der Waals surface area (Å²) in [4.78, 5) is 0. The predicted molar refractivity (Wildman–Crippen MR) is 48.8 cm³/mol. The molecular weight excluding hydrogens is 152 g/mol. The molecule has 0 amide bonds. The molecule has 12 heavy (non-hydrogen) atoms. The number of rotatable bonds is 5. The summed E-state index contributed by atoms with van der Waals surface area (Å²) in [5, 5.41) is 0. The normalized spacial score (nSPS) is 10.5. The number of hydrogen-bond donors (Lipinski definition) is 1. The lowest BCUT2D eigenvalue weighted by Crippen LogP contribution is -2.02. The zero-order chi connectivity index (χ0) is 8.81. The quantitative estimate of drug-likeness (QED) is 0.712. The van der Waals surface area contributed by atoms with Crippen molar-refractivity contribution in [3.05, 3.63) is 24.0 Å². The van der Waals surface area contributed by atoms with Gasteiger partial charge in [0.2, 0.25) is 0 Å². The highest BCUT2D eigenvalue weighted by Crippen LogP contribution is 2.01. The molecule has 1 aromatic heterocycles. The third-order valence-corrected chi connectivity index (χ3v) is 1.69. The van der Waals surface area contributed by atoms with Gasteiger partial charge in [-0.25, -0.2) is 0 Å². The Kier molecular flexibility index (Phi) is 3.84. The zero-order valence-electron chi connectivity index (χ0n) is 7.49. The van der Waals surface area contributed by atoms with E-state index in [1.54, 1.807) is 0 Å². The van der Waals surface area contributed by atoms with Crippen LogP contribution in [0.4, 0.5) is 0 Å². The average Bonchev–Trinajstić information content (AvgIpc) is 2.50. The van der Waals surface area contributed by atoms with Crippen molar-refractivity contribution in [3.63, 3.8) is 0 Å². The number of nitrogens with zero attached hydrogens (tertiary/aromatic N) is 1. The van der Waals surface area contributed by atoms with Crippen molar-refractivity contribution >= 4 is 0 Å². The van der Waals surface area contributed by atoms with E-state index >= 15 is 0 Å². The van der Waals surface area contributed by atoms with Gasteiger partial charge in [-0.3, -0.25) is 0 Å². The van der Waals surface area contributed by atoms with Crippen LogP contribution in [0, 0.1) is 0 Å². The van der Waals surface area contributed by atoms with Gasteiger partial charge < -0.3 is 15.0 Å². The number of hydrogen-bond acceptors (Lipinski definition) is 2. The maximum absolute atomic E-state index is 5.43. The summed E-state index contributed by atoms with van der Waals surface area (Å²) in [6.45, 7) is 4.09. The van der Waals surface area contributed by atoms with Crippen molar-refractivity contribution < 1.29 is 4.74 Å². The maximum atomic E-state index is 5.43. The molecule has 0 aliphatic heterocycles. The van der Waals surface area contributed by atoms with Gasteiger partial charge in [-0.15, -0.1) is 0 Å². The Morgan fingerprint density at radius 1 is 1.58 bits per heavy atom. The Labute approximate surface area is 73.1 Å². The molecule has 0 spiro atoms. The molecule has 2 N–H and O–H groups in total. The summed E-state index contributed by atoms with van der Waals surface area (Å²) < 4.78 is 7.27. The molecule has 0 radical (unpaired) electrons. The number of ether oxygens (including phenoxy) is 1. The van der Waals surface area contributed by atoms with Crippen LogP contribution in [0.2, 0.25) is 0 Å². The first-order valence-corrected chi connectivity index (χ1v) is 4.29. The minimum Gasteiger partial charge on any atom is -0.361 e. The largest absolute Gasteiger partial charge is 0.361 e. The molecule has 0 aliphatic rings. The van der Waals surface area contributed by atoms with E-state index in [1.165, 1.54) is 5.56 Å². The van der Waals surface area contributed by atoms with Gasteiger partial charge in [0.1, 0.15) is 6.73 Å². The molecule has 0 unspecified atom stereocenters. The van der Waals surface area contributed by atoms with Gasteiger partial charge in [0.15, 0.2) is 0 Å². The SMILES string of the molecule is CCOCn1ccc(CCN)c1. The van der Waals surface area contributed by atoms with Crippen molar-refractivity contribution in [1.29, 1.82) is 0 Å². The summed E-state index contributed by atoms with van der Waals surface area (Å²) in [6, 6.07) is 2.08. The van der Waals surface area contributed by atoms with E-state index in [0.717, 1.165) is 13.0 Å². The average molecular weight is 168 g/mol. The van der Waals surface area contributed by atoms with E-state index < -0.39 is 0 Å². The van der Waals surface area contributed by atoms with Crippen LogP contribution in [0.25, 0.3) is 0 Å². The lowest BCUT2D eigenvalue weighted by Gasteiger charge is -2.01. The first kappa shape index (κ1) is 9.29. The fourth-order valence-electron chi connectivity index (χ4n) is 1.08. The molecule has 0 saturated carbocycles. The standard InChI is InChI=1S/C9H16N2O/c1-2-12-8-11-6-4-9(7-11)3-5-10/h4,6-7H,2-3,5,8,10H2,1H3. The van der Waals surface area contributed by atoms with Gasteiger partial charge in [0.05, 0.1) is 0 Å². The molecule has 0 atom stereocenters. The molecule has 1 aromatic rings. The zero-order valence-corrected chi connectivity index (χ0v) is 7.49. The summed E-state index contributed by atoms with van der Waals surface area (Å²) >= 11 is 0. The number of nitrogens with two attached hydrogens (primary N) is 1. The van der Waals surface area contributed by atoms with Crippen LogP contribution >= 0.6 is 0 Å². The lowest BCUT2D eigenvalue weighted by molar-refractivity contribution is 0.0880. The molecule has 0 fully saturated rings. The van der Waals surface area contributed by atoms with Crippen LogP contribution in [0.5, 0.6) is 0 Å². The lowest BCUT2D eigenvalue weighted by atomic mass is 10.2. The van der Waals surface area contributed by atoms with Crippen molar-refractivity contribution in [2.24, 2.45) is 5.73 Å². The van der Waals surface area contributed by atoms with Gasteiger partial charge in [-0.05, 0) is 31.5 Å². The maximum Gasteiger partial charge on any atom is 0.122 e. The third-order valence-electron chi connectivity index (χ3n) is 1.69. The second-order valence-corrected chi connectivity index (χ2v) is 2.69. The summed E-state index contributed by atoms with van der Waals surface area (Å²) in [5.41, 5.74) is 6.70. The smallest absolute Gasteiger partial charge is 0.122 e. The summed E-state index contributed by atoms with van der Waals surface area (Å²) in [7, 11) is 0. The van der Waals surface area contributed by atoms with Crippen molar-refractivity contribution in [1.82, 2.24) is 4.57 Å². The van der Waals surface area contributed by atoms with E-state index in [4.69, 9.17) is 10.5 Å². The first-order valence-electron chi connectivity index (χ1n) is 4.29. The summed E-state index contributed by atoms with van der Waals surface area (Å²) in [6.07, 6.45) is 5.03. The highest BCUT2D eigenvalue weighted by molar-refractivity contribution is 5.10. The van der Waals surface area contributed by atoms with Crippen molar-refractivity contribution in [2.45, 2.75) is 20.1 Å². The Morgan fingerprint density at radius 3 is 3.08 bits per heavy atom. The molecule has 0 aromatic carbocycles. The molecule has 0 saturated heterocycles. The van der Waals surface area contributed by atoms with Crippen LogP contribution in [-0.2, 0) is 17.9 Å². The van der Waals surface area contributed by atoms with E-state index in [0.29, 0.717) is 13.3 Å². The van der Waals surface area contributed by atoms with Crippen LogP contribution in [0.1, 0.15) is 12.5 Å². The Morgan fingerprint density at radius 2 is 2.42 bits per heavy atom. The third kappa shape index (κ3) is 2.68. The molecule has 3 heteroatoms. The Bertz CT molecular complexity index is 220. The van der Waals surface area contributed by atoms with E-state index in [9.17, 15) is 0 Å². The second kappa shape index (κ2) is 4.95. The van der Waals surface area contributed by atoms with Gasteiger partial charge >= 0.3 is 0 Å². The van der Waals surface area contributed by atoms with E-state index in [2.05, 4.69) is 12.3 Å². The summed E-state index contributed by atoms with van der Waals surface area (Å²) in [5.74, 6) is 0. The van der Waals surface area contributed by atoms with Crippen LogP contribution in [0.3, 0.4) is 0 Å². The van der Waals surface area contributed by atoms with E-state index in [-0.39, 0.29) is 0 Å². The van der Waals surface area contributed by atoms with Crippen LogP contribution in [-0.4, -0.2) is 17.7 Å². The fraction of sp³-hybridized carbons (Fsp3) is 0.556. The molecule has 1 rings (SSSR count). The molecule has 68 valence electrons. The van der Waals surface area contributed by atoms with Crippen molar-refractivity contribution in [3.8, 4) is 0 Å².